The summed E-state index contributed by atoms with van der Waals surface area (Å²) in [6.45, 7) is 2.67. The Morgan fingerprint density at radius 3 is 0.667 bits per heavy atom. The molecule has 0 saturated carbocycles. The fourth-order valence-corrected chi connectivity index (χ4v) is 0.735. The Kier molecular flexibility index (Phi) is 43.0. The van der Waals surface area contributed by atoms with Gasteiger partial charge in [-0.1, -0.05) is 0 Å². The second-order valence-corrected chi connectivity index (χ2v) is 3.59. The summed E-state index contributed by atoms with van der Waals surface area (Å²) in [5.74, 6) is 0. The number of aliphatic imine (C=N–C) groups is 3. The smallest absolute Gasteiger partial charge is 1.00 e. The first-order valence-electron chi connectivity index (χ1n) is 4.79. The van der Waals surface area contributed by atoms with Gasteiger partial charge in [0.2, 0.25) is 0 Å². The first kappa shape index (κ1) is 38.2. The van der Waals surface area contributed by atoms with Crippen molar-refractivity contribution in [2.45, 2.75) is 0 Å². The number of nitrogens with zero attached hydrogens (tertiary/aromatic N) is 6. The molecule has 114 valence electrons. The topological polar surface area (TPSA) is 46.8 Å². The van der Waals surface area contributed by atoms with E-state index in [0.29, 0.717) is 0 Å². The molecule has 0 bridgehead atoms. The maximum Gasteiger partial charge on any atom is 2.00 e. The molecule has 0 amide bonds. The van der Waals surface area contributed by atoms with Gasteiger partial charge in [0, 0.05) is 21.1 Å². The molecule has 0 aromatic heterocycles. The molecule has 3 aliphatic heterocycles. The van der Waals surface area contributed by atoms with Crippen LogP contribution in [0.4, 0.5) is 0 Å². The van der Waals surface area contributed by atoms with Crippen LogP contribution in [0.2, 0.25) is 0 Å². The van der Waals surface area contributed by atoms with E-state index in [9.17, 15) is 0 Å². The Bertz CT molecular complexity index is 241. The van der Waals surface area contributed by atoms with Gasteiger partial charge in [0.05, 0.1) is 19.0 Å². The number of halogens is 3. The molecule has 21 heavy (non-hydrogen) atoms. The molecule has 0 aromatic rings. The fourth-order valence-electron chi connectivity index (χ4n) is 0.735. The Balaban J connectivity index is -0.0000000352. The minimum Gasteiger partial charge on any atom is -1.00 e. The Morgan fingerprint density at radius 2 is 0.667 bits per heavy atom. The molecule has 0 unspecified atom stereocenters. The van der Waals surface area contributed by atoms with Crippen molar-refractivity contribution in [2.24, 2.45) is 15.0 Å². The second kappa shape index (κ2) is 23.7. The van der Waals surface area contributed by atoms with Crippen molar-refractivity contribution in [2.75, 3.05) is 41.1 Å². The van der Waals surface area contributed by atoms with Crippen LogP contribution in [0, 0.1) is 0 Å². The third-order valence-electron chi connectivity index (χ3n) is 1.75. The molecule has 3 aliphatic rings. The summed E-state index contributed by atoms with van der Waals surface area (Å²) in [5, 5.41) is 0. The van der Waals surface area contributed by atoms with E-state index < -0.39 is 0 Å². The van der Waals surface area contributed by atoms with E-state index in [1.165, 1.54) is 0 Å². The van der Waals surface area contributed by atoms with Gasteiger partial charge in [0.15, 0.2) is 0 Å². The molecule has 0 saturated heterocycles. The summed E-state index contributed by atoms with van der Waals surface area (Å²) in [6.07, 6.45) is 5.42. The van der Waals surface area contributed by atoms with Gasteiger partial charge in [-0.3, -0.25) is 15.0 Å². The molecule has 0 fully saturated rings. The van der Waals surface area contributed by atoms with Gasteiger partial charge in [-0.2, -0.15) is 0 Å². The van der Waals surface area contributed by atoms with Crippen LogP contribution >= 0.6 is 0 Å². The zero-order valence-electron chi connectivity index (χ0n) is 12.2. The van der Waals surface area contributed by atoms with Gasteiger partial charge < -0.3 is 51.9 Å². The minimum absolute atomic E-state index is 0. The third kappa shape index (κ3) is 21.4. The first-order valence-corrected chi connectivity index (χ1v) is 4.79. The van der Waals surface area contributed by atoms with Gasteiger partial charge in [0.1, 0.15) is 20.0 Å². The van der Waals surface area contributed by atoms with Crippen molar-refractivity contribution >= 4 is 19.0 Å². The van der Waals surface area contributed by atoms with Gasteiger partial charge in [-0.05, 0) is 0 Å². The molecular weight excluding hydrogens is 442 g/mol. The molecule has 3 rings (SSSR count). The van der Waals surface area contributed by atoms with E-state index in [2.05, 4.69) is 15.0 Å². The Labute approximate surface area is 190 Å². The summed E-state index contributed by atoms with van der Waals surface area (Å²) in [5.41, 5.74) is 0. The van der Waals surface area contributed by atoms with Crippen LogP contribution in [0.5, 0.6) is 0 Å². The van der Waals surface area contributed by atoms with E-state index in [1.807, 2.05) is 35.8 Å². The average molecular weight is 460 g/mol. The zero-order valence-corrected chi connectivity index (χ0v) is 19.1. The van der Waals surface area contributed by atoms with Crippen molar-refractivity contribution < 1.29 is 102 Å². The molecule has 3 heterocycles. The van der Waals surface area contributed by atoms with Crippen molar-refractivity contribution in [3.8, 4) is 0 Å². The number of hydrogen-bond acceptors (Lipinski definition) is 6. The van der Waals surface area contributed by atoms with Crippen LogP contribution < -0.4 is 37.2 Å². The van der Waals surface area contributed by atoms with E-state index in [-0.39, 0.29) is 102 Å². The fraction of sp³-hybridized carbons (Fsp3) is 0.667. The molecule has 0 atom stereocenters. The molecule has 0 aliphatic carbocycles. The van der Waals surface area contributed by atoms with Crippen LogP contribution in [0.25, 0.3) is 0 Å². The van der Waals surface area contributed by atoms with Crippen LogP contribution in [0.3, 0.4) is 0 Å². The summed E-state index contributed by atoms with van der Waals surface area (Å²) >= 11 is 0. The van der Waals surface area contributed by atoms with Crippen LogP contribution in [-0.2, 0) is 65.2 Å². The standard InChI is InChI=1S/3C3H6N2.3ClH.3Ti/c3*1-5-2-4-3-5;;;;;;/h3*2H,3H2,1H3;3*1H;;;/q;;;;;;3*+2/p-3. The van der Waals surface area contributed by atoms with Crippen LogP contribution in [0.15, 0.2) is 15.0 Å². The van der Waals surface area contributed by atoms with Gasteiger partial charge >= 0.3 is 65.2 Å². The largest absolute Gasteiger partial charge is 2.00 e. The molecule has 0 N–H and O–H groups in total. The normalized spacial score (nSPS) is 13.6. The van der Waals surface area contributed by atoms with Crippen molar-refractivity contribution in [3.05, 3.63) is 0 Å². The Morgan fingerprint density at radius 1 is 0.571 bits per heavy atom. The van der Waals surface area contributed by atoms with E-state index in [0.717, 1.165) is 20.0 Å². The SMILES string of the molecule is CN1C=NC1.CN1C=NC1.CN1C=NC1.[Cl-].[Cl-].[Cl-].[Ti+2].[Ti+2].[Ti+2]. The average Bonchev–Trinajstić information content (AvgIpc) is 2.10. The maximum absolute atomic E-state index is 3.80. The third-order valence-corrected chi connectivity index (χ3v) is 1.75. The van der Waals surface area contributed by atoms with Crippen molar-refractivity contribution in [1.82, 2.24) is 14.7 Å². The van der Waals surface area contributed by atoms with Crippen LogP contribution in [-0.4, -0.2) is 74.9 Å². The molecule has 0 spiro atoms. The second-order valence-electron chi connectivity index (χ2n) is 3.59. The molecular formula is C9H18Cl3N6Ti3+3. The minimum atomic E-state index is 0. The molecule has 0 aromatic carbocycles. The molecule has 0 radical (unpaired) electrons. The number of rotatable bonds is 0. The van der Waals surface area contributed by atoms with Gasteiger partial charge in [-0.25, -0.2) is 0 Å². The van der Waals surface area contributed by atoms with Crippen molar-refractivity contribution in [1.29, 1.82) is 0 Å². The maximum atomic E-state index is 3.80. The predicted octanol–water partition coefficient (Wildman–Crippen LogP) is -9.24. The summed E-state index contributed by atoms with van der Waals surface area (Å²) < 4.78 is 0. The summed E-state index contributed by atoms with van der Waals surface area (Å²) in [4.78, 5) is 17.4. The Hall–Kier alpha value is 1.42. The zero-order chi connectivity index (χ0) is 11.1. The summed E-state index contributed by atoms with van der Waals surface area (Å²) in [7, 11) is 5.98. The quantitative estimate of drug-likeness (QED) is 0.338. The monoisotopic (exact) mass is 459 g/mol. The van der Waals surface area contributed by atoms with Crippen molar-refractivity contribution in [3.63, 3.8) is 0 Å². The van der Waals surface area contributed by atoms with Gasteiger partial charge in [-0.15, -0.1) is 0 Å². The predicted molar refractivity (Wildman–Crippen MR) is 63.4 cm³/mol. The summed E-state index contributed by atoms with van der Waals surface area (Å²) in [6, 6.07) is 0. The van der Waals surface area contributed by atoms with Gasteiger partial charge in [0.25, 0.3) is 0 Å². The molecule has 12 heteroatoms. The number of hydrogen-bond donors (Lipinski definition) is 0. The molecule has 6 nitrogen and oxygen atoms in total. The van der Waals surface area contributed by atoms with E-state index >= 15 is 0 Å². The van der Waals surface area contributed by atoms with Crippen LogP contribution in [0.1, 0.15) is 0 Å². The van der Waals surface area contributed by atoms with E-state index in [4.69, 9.17) is 0 Å². The first-order chi connectivity index (χ1) is 7.18. The van der Waals surface area contributed by atoms with E-state index in [1.54, 1.807) is 19.0 Å².